The Labute approximate surface area is 252 Å². The summed E-state index contributed by atoms with van der Waals surface area (Å²) in [6.45, 7) is 39.1. The summed E-state index contributed by atoms with van der Waals surface area (Å²) < 4.78 is 0. The van der Waals surface area contributed by atoms with Crippen molar-refractivity contribution in [2.45, 2.75) is 26.7 Å². The van der Waals surface area contributed by atoms with E-state index in [0.29, 0.717) is 5.92 Å². The van der Waals surface area contributed by atoms with E-state index >= 15 is 0 Å². The Morgan fingerprint density at radius 3 is 1.85 bits per heavy atom. The largest absolute Gasteiger partial charge is 0.388 e. The molecule has 1 aromatic carbocycles. The number of aryl methyl sites for hydroxylation is 1. The summed E-state index contributed by atoms with van der Waals surface area (Å²) in [5, 5.41) is 7.12. The van der Waals surface area contributed by atoms with Crippen molar-refractivity contribution in [3.05, 3.63) is 97.9 Å². The summed E-state index contributed by atoms with van der Waals surface area (Å²) in [7, 11) is 0. The minimum absolute atomic E-state index is 0.298. The van der Waals surface area contributed by atoms with Crippen LogP contribution in [0.3, 0.4) is 0 Å². The highest BCUT2D eigenvalue weighted by Gasteiger charge is 2.16. The van der Waals surface area contributed by atoms with Crippen LogP contribution in [0.2, 0.25) is 0 Å². The van der Waals surface area contributed by atoms with Crippen LogP contribution in [-0.2, 0) is 6.42 Å². The van der Waals surface area contributed by atoms with Crippen LogP contribution in [0.4, 0.5) is 0 Å². The third kappa shape index (κ3) is 15.2. The summed E-state index contributed by atoms with van der Waals surface area (Å²) >= 11 is 0. The van der Waals surface area contributed by atoms with Crippen LogP contribution in [0.1, 0.15) is 25.8 Å². The molecule has 6 nitrogen and oxygen atoms in total. The lowest BCUT2D eigenvalue weighted by atomic mass is 10.1. The van der Waals surface area contributed by atoms with Crippen molar-refractivity contribution >= 4 is 0 Å². The number of nitrogens with zero attached hydrogens (tertiary/aromatic N) is 4. The Kier molecular flexibility index (Phi) is 17.1. The van der Waals surface area contributed by atoms with Gasteiger partial charge in [0.1, 0.15) is 0 Å². The molecule has 1 unspecified atom stereocenters. The molecule has 0 saturated carbocycles. The highest BCUT2D eigenvalue weighted by Crippen LogP contribution is 2.08. The molecule has 0 spiro atoms. The minimum atomic E-state index is 0.298. The molecule has 2 N–H and O–H groups in total. The molecular formula is C35H58N6. The van der Waals surface area contributed by atoms with Gasteiger partial charge in [0.15, 0.2) is 0 Å². The zero-order valence-corrected chi connectivity index (χ0v) is 26.3. The van der Waals surface area contributed by atoms with E-state index in [4.69, 9.17) is 0 Å². The SMILES string of the molecule is C=CCN1CCN(CC(=C)C)CCN(CC)CCN(CC(=C)NCC(C=C)CNC(=C)CCc2ccccc2)CC1. The number of hydrogen-bond acceptors (Lipinski definition) is 6. The smallest absolute Gasteiger partial charge is 0.0376 e. The molecule has 228 valence electrons. The first-order chi connectivity index (χ1) is 19.8. The van der Waals surface area contributed by atoms with E-state index in [0.717, 1.165) is 116 Å². The topological polar surface area (TPSA) is 37.0 Å². The Morgan fingerprint density at radius 1 is 0.780 bits per heavy atom. The van der Waals surface area contributed by atoms with Crippen LogP contribution in [0.15, 0.2) is 92.3 Å². The maximum absolute atomic E-state index is 4.39. The van der Waals surface area contributed by atoms with Gasteiger partial charge in [-0.3, -0.25) is 14.7 Å². The molecule has 0 amide bonds. The van der Waals surface area contributed by atoms with Crippen molar-refractivity contribution in [1.29, 1.82) is 0 Å². The van der Waals surface area contributed by atoms with Gasteiger partial charge in [0.2, 0.25) is 0 Å². The molecule has 0 aromatic heterocycles. The Bertz CT molecular complexity index is 926. The number of nitrogens with one attached hydrogen (secondary N) is 2. The van der Waals surface area contributed by atoms with Crippen molar-refractivity contribution in [2.24, 2.45) is 5.92 Å². The van der Waals surface area contributed by atoms with E-state index in [1.54, 1.807) is 0 Å². The minimum Gasteiger partial charge on any atom is -0.388 e. The number of likely N-dealkylation sites (N-methyl/N-ethyl adjacent to an activating group) is 1. The van der Waals surface area contributed by atoms with Crippen LogP contribution in [0.25, 0.3) is 0 Å². The summed E-state index contributed by atoms with van der Waals surface area (Å²) in [6, 6.07) is 10.6. The second kappa shape index (κ2) is 20.3. The molecule has 1 fully saturated rings. The third-order valence-corrected chi connectivity index (χ3v) is 7.79. The molecule has 0 aliphatic carbocycles. The van der Waals surface area contributed by atoms with Crippen molar-refractivity contribution in [1.82, 2.24) is 30.2 Å². The zero-order chi connectivity index (χ0) is 29.9. The fourth-order valence-electron chi connectivity index (χ4n) is 5.10. The van der Waals surface area contributed by atoms with Gasteiger partial charge in [-0.25, -0.2) is 0 Å². The van der Waals surface area contributed by atoms with Crippen LogP contribution < -0.4 is 10.6 Å². The Hall–Kier alpha value is -2.64. The van der Waals surface area contributed by atoms with Crippen LogP contribution in [-0.4, -0.2) is 111 Å². The molecule has 0 bridgehead atoms. The van der Waals surface area contributed by atoms with Crippen LogP contribution in [0, 0.1) is 5.92 Å². The van der Waals surface area contributed by atoms with Crippen molar-refractivity contribution in [3.8, 4) is 0 Å². The molecule has 1 heterocycles. The van der Waals surface area contributed by atoms with Crippen molar-refractivity contribution in [3.63, 3.8) is 0 Å². The molecule has 1 atom stereocenters. The molecule has 2 rings (SSSR count). The average molecular weight is 563 g/mol. The van der Waals surface area contributed by atoms with E-state index in [1.807, 2.05) is 12.2 Å². The molecule has 1 aromatic rings. The summed E-state index contributed by atoms with van der Waals surface area (Å²) in [6.07, 6.45) is 5.99. The predicted octanol–water partition coefficient (Wildman–Crippen LogP) is 4.63. The second-order valence-corrected chi connectivity index (χ2v) is 11.5. The molecule has 1 aliphatic heterocycles. The first kappa shape index (κ1) is 34.6. The zero-order valence-electron chi connectivity index (χ0n) is 26.3. The summed E-state index contributed by atoms with van der Waals surface area (Å²) in [5.74, 6) is 0.298. The highest BCUT2D eigenvalue weighted by atomic mass is 15.3. The molecule has 6 heteroatoms. The van der Waals surface area contributed by atoms with E-state index < -0.39 is 0 Å². The summed E-state index contributed by atoms with van der Waals surface area (Å²) in [4.78, 5) is 10.2. The van der Waals surface area contributed by atoms with Gasteiger partial charge in [0.25, 0.3) is 0 Å². The van der Waals surface area contributed by atoms with E-state index in [1.165, 1.54) is 11.1 Å². The Balaban J connectivity index is 1.84. The fourth-order valence-corrected chi connectivity index (χ4v) is 5.10. The summed E-state index contributed by atoms with van der Waals surface area (Å²) in [5.41, 5.74) is 4.72. The quantitative estimate of drug-likeness (QED) is 0.270. The predicted molar refractivity (Wildman–Crippen MR) is 179 cm³/mol. The highest BCUT2D eigenvalue weighted by molar-refractivity contribution is 5.16. The van der Waals surface area contributed by atoms with Crippen LogP contribution >= 0.6 is 0 Å². The number of hydrogen-bond donors (Lipinski definition) is 2. The first-order valence-corrected chi connectivity index (χ1v) is 15.5. The standard InChI is InChI=1S/C35H58N6/c1-8-18-39-21-25-40(29-31(4)5)23-19-38(10-3)20-24-41(26-22-39)30-33(7)37-28-34(9-2)27-36-32(6)16-17-35-14-12-11-13-15-35/h8-9,11-15,34,36-37H,1-2,4,6-7,10,16-30H2,3,5H3. The molecule has 1 saturated heterocycles. The molecule has 1 aliphatic rings. The van der Waals surface area contributed by atoms with Gasteiger partial charge in [0.05, 0.1) is 0 Å². The van der Waals surface area contributed by atoms with Crippen molar-refractivity contribution < 1.29 is 0 Å². The lowest BCUT2D eigenvalue weighted by molar-refractivity contribution is 0.148. The molecular weight excluding hydrogens is 504 g/mol. The molecule has 41 heavy (non-hydrogen) atoms. The third-order valence-electron chi connectivity index (χ3n) is 7.79. The molecule has 0 radical (unpaired) electrons. The normalized spacial score (nSPS) is 17.5. The maximum Gasteiger partial charge on any atom is 0.0376 e. The fraction of sp³-hybridized carbons (Fsp3) is 0.543. The van der Waals surface area contributed by atoms with Gasteiger partial charge in [-0.15, -0.1) is 13.2 Å². The number of benzene rings is 1. The van der Waals surface area contributed by atoms with Gasteiger partial charge in [-0.1, -0.05) is 74.7 Å². The number of allylic oxidation sites excluding steroid dienone is 1. The monoisotopic (exact) mass is 562 g/mol. The lowest BCUT2D eigenvalue weighted by Gasteiger charge is -2.34. The van der Waals surface area contributed by atoms with Gasteiger partial charge < -0.3 is 15.5 Å². The van der Waals surface area contributed by atoms with Gasteiger partial charge in [-0.2, -0.15) is 0 Å². The van der Waals surface area contributed by atoms with Crippen LogP contribution in [0.5, 0.6) is 0 Å². The van der Waals surface area contributed by atoms with E-state index in [-0.39, 0.29) is 0 Å². The van der Waals surface area contributed by atoms with E-state index in [2.05, 4.69) is 107 Å². The Morgan fingerprint density at radius 2 is 1.32 bits per heavy atom. The number of rotatable bonds is 17. The second-order valence-electron chi connectivity index (χ2n) is 11.5. The first-order valence-electron chi connectivity index (χ1n) is 15.5. The van der Waals surface area contributed by atoms with Gasteiger partial charge >= 0.3 is 0 Å². The van der Waals surface area contributed by atoms with Crippen molar-refractivity contribution in [2.75, 3.05) is 91.6 Å². The maximum atomic E-state index is 4.39. The van der Waals surface area contributed by atoms with Gasteiger partial charge in [-0.05, 0) is 31.9 Å². The van der Waals surface area contributed by atoms with E-state index in [9.17, 15) is 0 Å². The average Bonchev–Trinajstić information content (AvgIpc) is 2.96. The van der Waals surface area contributed by atoms with Gasteiger partial charge in [0, 0.05) is 102 Å². The lowest BCUT2D eigenvalue weighted by Crippen LogP contribution is -2.47.